The third-order valence-corrected chi connectivity index (χ3v) is 2.97. The second-order valence-electron chi connectivity index (χ2n) is 3.85. The van der Waals surface area contributed by atoms with Gasteiger partial charge in [0.15, 0.2) is 0 Å². The van der Waals surface area contributed by atoms with E-state index in [4.69, 9.17) is 0 Å². The Bertz CT molecular complexity index is 520. The van der Waals surface area contributed by atoms with E-state index >= 15 is 0 Å². The van der Waals surface area contributed by atoms with Gasteiger partial charge in [-0.2, -0.15) is 4.58 Å². The molecule has 0 amide bonds. The topological polar surface area (TPSA) is 7.94 Å². The third kappa shape index (κ3) is 1.22. The van der Waals surface area contributed by atoms with Crippen LogP contribution < -0.4 is 0 Å². The molecule has 74 valence electrons. The predicted molar refractivity (Wildman–Crippen MR) is 60.6 cm³/mol. The smallest absolute Gasteiger partial charge is 0.228 e. The molecule has 3 rings (SSSR count). The quantitative estimate of drug-likeness (QED) is 0.621. The molecule has 1 aromatic carbocycles. The molecule has 2 heterocycles. The normalized spacial score (nSPS) is 14.5. The van der Waals surface area contributed by atoms with Crippen LogP contribution in [0.15, 0.2) is 48.7 Å². The largest absolute Gasteiger partial charge is 0.286 e. The van der Waals surface area contributed by atoms with Crippen molar-refractivity contribution in [3.05, 3.63) is 54.4 Å². The summed E-state index contributed by atoms with van der Waals surface area (Å²) < 4.78 is 4.59. The van der Waals surface area contributed by atoms with Crippen LogP contribution in [0.2, 0.25) is 0 Å². The van der Waals surface area contributed by atoms with Crippen LogP contribution in [0.1, 0.15) is 12.6 Å². The first-order chi connectivity index (χ1) is 7.36. The van der Waals surface area contributed by atoms with E-state index in [1.165, 1.54) is 17.1 Å². The van der Waals surface area contributed by atoms with E-state index in [1.807, 2.05) is 0 Å². The van der Waals surface area contributed by atoms with Crippen LogP contribution in [0, 0.1) is 0 Å². The molecule has 1 aliphatic rings. The lowest BCUT2D eigenvalue weighted by atomic mass is 10.2. The maximum Gasteiger partial charge on any atom is 0.228 e. The van der Waals surface area contributed by atoms with Crippen LogP contribution in [0.25, 0.3) is 0 Å². The maximum absolute atomic E-state index is 2.33. The minimum Gasteiger partial charge on any atom is -0.286 e. The molecule has 0 fully saturated rings. The Labute approximate surface area is 89.1 Å². The molecule has 0 saturated heterocycles. The number of para-hydroxylation sites is 1. The zero-order chi connectivity index (χ0) is 10.3. The van der Waals surface area contributed by atoms with E-state index in [0.29, 0.717) is 0 Å². The number of rotatable bonds is 1. The van der Waals surface area contributed by atoms with Crippen LogP contribution in [0.5, 0.6) is 0 Å². The number of fused-ring (bicyclic) bond motifs is 1. The van der Waals surface area contributed by atoms with Crippen LogP contribution in [-0.4, -0.2) is 14.9 Å². The summed E-state index contributed by atoms with van der Waals surface area (Å²) in [6, 6.07) is 14.8. The molecule has 0 atom stereocenters. The Kier molecular flexibility index (Phi) is 1.75. The molecule has 2 nitrogen and oxygen atoms in total. The minimum absolute atomic E-state index is 0.929. The van der Waals surface area contributed by atoms with Gasteiger partial charge in [0.2, 0.25) is 18.1 Å². The number of hydrogen-bond donors (Lipinski definition) is 0. The Morgan fingerprint density at radius 3 is 2.60 bits per heavy atom. The second-order valence-corrected chi connectivity index (χ2v) is 3.85. The van der Waals surface area contributed by atoms with Crippen LogP contribution in [-0.2, 0) is 6.67 Å². The lowest BCUT2D eigenvalue weighted by Gasteiger charge is -1.97. The zero-order valence-electron chi connectivity index (χ0n) is 8.72. The first-order valence-corrected chi connectivity index (χ1v) is 5.18. The van der Waals surface area contributed by atoms with E-state index in [9.17, 15) is 0 Å². The standard InChI is InChI=1S/C13H13N2/c1-11-13-8-5-9-14(13)10-15(11)12-6-3-2-4-7-12/h2-9H,10H2,1H3/q+1. The monoisotopic (exact) mass is 197 g/mol. The van der Waals surface area contributed by atoms with Gasteiger partial charge in [0.1, 0.15) is 5.69 Å². The number of hydrogen-bond acceptors (Lipinski definition) is 0. The molecule has 0 saturated carbocycles. The van der Waals surface area contributed by atoms with E-state index in [0.717, 1.165) is 6.67 Å². The highest BCUT2D eigenvalue weighted by atomic mass is 15.2. The van der Waals surface area contributed by atoms with Crippen molar-refractivity contribution in [2.24, 2.45) is 0 Å². The van der Waals surface area contributed by atoms with Crippen LogP contribution in [0.4, 0.5) is 5.69 Å². The molecule has 0 N–H and O–H groups in total. The summed E-state index contributed by atoms with van der Waals surface area (Å²) in [5, 5.41) is 0. The van der Waals surface area contributed by atoms with Gasteiger partial charge in [-0.05, 0) is 12.1 Å². The predicted octanol–water partition coefficient (Wildman–Crippen LogP) is 2.61. The molecule has 2 heteroatoms. The third-order valence-electron chi connectivity index (χ3n) is 2.97. The fraction of sp³-hybridized carbons (Fsp3) is 0.154. The Morgan fingerprint density at radius 2 is 1.87 bits per heavy atom. The van der Waals surface area contributed by atoms with Gasteiger partial charge in [-0.1, -0.05) is 18.2 Å². The molecule has 1 aromatic heterocycles. The minimum atomic E-state index is 0.929. The van der Waals surface area contributed by atoms with Gasteiger partial charge in [-0.3, -0.25) is 4.57 Å². The van der Waals surface area contributed by atoms with Gasteiger partial charge in [0.25, 0.3) is 0 Å². The Morgan fingerprint density at radius 1 is 1.07 bits per heavy atom. The molecule has 0 radical (unpaired) electrons. The molecule has 15 heavy (non-hydrogen) atoms. The molecule has 0 aliphatic carbocycles. The van der Waals surface area contributed by atoms with Crippen LogP contribution in [0.3, 0.4) is 0 Å². The zero-order valence-corrected chi connectivity index (χ0v) is 8.72. The van der Waals surface area contributed by atoms with Crippen molar-refractivity contribution in [1.82, 2.24) is 4.57 Å². The molecular weight excluding hydrogens is 184 g/mol. The van der Waals surface area contributed by atoms with Gasteiger partial charge in [-0.15, -0.1) is 0 Å². The average Bonchev–Trinajstić information content (AvgIpc) is 2.83. The number of nitrogens with zero attached hydrogens (tertiary/aromatic N) is 2. The Balaban J connectivity index is 2.11. The van der Waals surface area contributed by atoms with Gasteiger partial charge in [0.05, 0.1) is 0 Å². The first kappa shape index (κ1) is 8.48. The van der Waals surface area contributed by atoms with Crippen molar-refractivity contribution in [2.45, 2.75) is 13.6 Å². The SMILES string of the molecule is CC1=[N+](c2ccccc2)Cn2cccc21. The molecule has 1 aliphatic heterocycles. The number of benzene rings is 1. The van der Waals surface area contributed by atoms with E-state index in [1.54, 1.807) is 0 Å². The van der Waals surface area contributed by atoms with Crippen molar-refractivity contribution in [3.63, 3.8) is 0 Å². The molecule has 0 bridgehead atoms. The van der Waals surface area contributed by atoms with E-state index in [-0.39, 0.29) is 0 Å². The summed E-state index contributed by atoms with van der Waals surface area (Å²) in [6.45, 7) is 3.10. The highest BCUT2D eigenvalue weighted by molar-refractivity contribution is 5.94. The fourth-order valence-electron chi connectivity index (χ4n) is 2.15. The summed E-state index contributed by atoms with van der Waals surface area (Å²) in [5.41, 5.74) is 3.91. The molecule has 0 spiro atoms. The maximum atomic E-state index is 2.33. The highest BCUT2D eigenvalue weighted by Gasteiger charge is 2.25. The van der Waals surface area contributed by atoms with Gasteiger partial charge < -0.3 is 0 Å². The van der Waals surface area contributed by atoms with Gasteiger partial charge >= 0.3 is 0 Å². The summed E-state index contributed by atoms with van der Waals surface area (Å²) >= 11 is 0. The second kappa shape index (κ2) is 3.09. The van der Waals surface area contributed by atoms with Crippen molar-refractivity contribution in [3.8, 4) is 0 Å². The van der Waals surface area contributed by atoms with Gasteiger partial charge in [0, 0.05) is 25.3 Å². The Hall–Kier alpha value is -1.83. The lowest BCUT2D eigenvalue weighted by molar-refractivity contribution is -0.468. The molecule has 2 aromatic rings. The highest BCUT2D eigenvalue weighted by Crippen LogP contribution is 2.20. The summed E-state index contributed by atoms with van der Waals surface area (Å²) in [4.78, 5) is 0. The number of aromatic nitrogens is 1. The first-order valence-electron chi connectivity index (χ1n) is 5.18. The molecule has 0 unspecified atom stereocenters. The lowest BCUT2D eigenvalue weighted by Crippen LogP contribution is -2.07. The van der Waals surface area contributed by atoms with Crippen molar-refractivity contribution >= 4 is 11.4 Å². The van der Waals surface area contributed by atoms with Gasteiger partial charge in [-0.25, -0.2) is 0 Å². The summed E-state index contributed by atoms with van der Waals surface area (Å²) in [5.74, 6) is 0. The molecular formula is C13H13N2+. The van der Waals surface area contributed by atoms with Crippen LogP contribution >= 0.6 is 0 Å². The average molecular weight is 197 g/mol. The van der Waals surface area contributed by atoms with Crippen molar-refractivity contribution < 1.29 is 4.58 Å². The summed E-state index contributed by atoms with van der Waals surface area (Å²) in [7, 11) is 0. The van der Waals surface area contributed by atoms with Crippen molar-refractivity contribution in [1.29, 1.82) is 0 Å². The van der Waals surface area contributed by atoms with Crippen molar-refractivity contribution in [2.75, 3.05) is 0 Å². The summed E-state index contributed by atoms with van der Waals surface area (Å²) in [6.07, 6.45) is 2.13. The van der Waals surface area contributed by atoms with E-state index < -0.39 is 0 Å². The fourth-order valence-corrected chi connectivity index (χ4v) is 2.15. The van der Waals surface area contributed by atoms with E-state index in [2.05, 4.69) is 64.7 Å².